The molecule has 0 atom stereocenters. The number of fused-ring (bicyclic) bond motifs is 2. The molecule has 5 aromatic carbocycles. The summed E-state index contributed by atoms with van der Waals surface area (Å²) in [6.07, 6.45) is 3.01. The number of aliphatic imine (C=N–C) groups is 2. The summed E-state index contributed by atoms with van der Waals surface area (Å²) in [5.41, 5.74) is 18.9. The topological polar surface area (TPSA) is 169 Å². The maximum absolute atomic E-state index is 6.44. The zero-order valence-corrected chi connectivity index (χ0v) is 29.1. The van der Waals surface area contributed by atoms with E-state index in [9.17, 15) is 0 Å². The molecule has 0 bridgehead atoms. The van der Waals surface area contributed by atoms with E-state index >= 15 is 0 Å². The minimum atomic E-state index is 0.186. The number of nitrogens with zero attached hydrogens (tertiary/aromatic N) is 6. The van der Waals surface area contributed by atoms with Crippen LogP contribution < -0.4 is 16.2 Å². The van der Waals surface area contributed by atoms with Crippen LogP contribution in [0.5, 0.6) is 5.88 Å². The Hall–Kier alpha value is -6.56. The number of aromatic nitrogens is 6. The lowest BCUT2D eigenvalue weighted by Gasteiger charge is -2.05. The molecule has 3 heterocycles. The van der Waals surface area contributed by atoms with Crippen LogP contribution >= 0.6 is 23.2 Å². The number of aromatic amines is 2. The van der Waals surface area contributed by atoms with Gasteiger partial charge in [-0.25, -0.2) is 15.0 Å². The third kappa shape index (κ3) is 7.31. The number of hydrogen-bond acceptors (Lipinski definition) is 7. The third-order valence-electron chi connectivity index (χ3n) is 8.04. The van der Waals surface area contributed by atoms with Crippen molar-refractivity contribution >= 4 is 68.3 Å². The van der Waals surface area contributed by atoms with Gasteiger partial charge in [0.1, 0.15) is 11.5 Å². The lowest BCUT2D eigenvalue weighted by Crippen LogP contribution is -2.15. The summed E-state index contributed by atoms with van der Waals surface area (Å²) in [4.78, 5) is 17.2. The molecule has 13 heteroatoms. The normalized spacial score (nSPS) is 11.8. The van der Waals surface area contributed by atoms with E-state index in [0.29, 0.717) is 39.1 Å². The Morgan fingerprint density at radius 1 is 0.635 bits per heavy atom. The van der Waals surface area contributed by atoms with Crippen molar-refractivity contribution in [1.29, 1.82) is 0 Å². The molecule has 0 aliphatic heterocycles. The van der Waals surface area contributed by atoms with E-state index in [1.807, 2.05) is 115 Å². The Balaban J connectivity index is 0.000000162. The number of nitrogens with two attached hydrogens (primary N) is 2. The molecule has 0 amide bonds. The Kier molecular flexibility index (Phi) is 9.87. The van der Waals surface area contributed by atoms with Gasteiger partial charge in [0.15, 0.2) is 17.5 Å². The molecular formula is C39H30Cl2N10O. The second-order valence-corrected chi connectivity index (χ2v) is 12.2. The van der Waals surface area contributed by atoms with Gasteiger partial charge < -0.3 is 16.2 Å². The molecule has 0 spiro atoms. The molecule has 0 unspecified atom stereocenters. The molecule has 0 saturated carbocycles. The monoisotopic (exact) mass is 724 g/mol. The standard InChI is InChI=1S/C20H15ClN4.C19H15ClN6O/c21-17-12-18-16(11-15(17)13-7-3-1-4-8-13)20(25-24-18)23-19(22)14-9-5-2-6-10-14;1-27-17-10-22-9-16(23-17)18(21)24-19-13-7-12(11-5-3-2-4-6-11)14(20)8-15(13)25-26-19/h1-12H,(H3,22,23,24,25);2-10H,1H3,(H3,21,24,25,26). The van der Waals surface area contributed by atoms with E-state index in [-0.39, 0.29) is 5.84 Å². The Morgan fingerprint density at radius 2 is 1.12 bits per heavy atom. The van der Waals surface area contributed by atoms with Crippen molar-refractivity contribution in [2.45, 2.75) is 0 Å². The largest absolute Gasteiger partial charge is 0.480 e. The smallest absolute Gasteiger partial charge is 0.232 e. The van der Waals surface area contributed by atoms with Crippen molar-refractivity contribution in [3.63, 3.8) is 0 Å². The average Bonchev–Trinajstić information content (AvgIpc) is 3.77. The van der Waals surface area contributed by atoms with Gasteiger partial charge in [-0.1, -0.05) is 114 Å². The van der Waals surface area contributed by atoms with Crippen LogP contribution in [0.15, 0.2) is 138 Å². The van der Waals surface area contributed by atoms with Gasteiger partial charge in [0.05, 0.1) is 40.6 Å². The summed E-state index contributed by atoms with van der Waals surface area (Å²) < 4.78 is 5.07. The highest BCUT2D eigenvalue weighted by Gasteiger charge is 2.14. The number of nitrogens with one attached hydrogen (secondary N) is 2. The number of H-pyrrole nitrogens is 2. The Bertz CT molecular complexity index is 2550. The molecule has 11 nitrogen and oxygen atoms in total. The first-order chi connectivity index (χ1) is 25.4. The molecule has 0 aliphatic carbocycles. The molecule has 0 radical (unpaired) electrons. The number of benzene rings is 5. The molecule has 3 aromatic heterocycles. The summed E-state index contributed by atoms with van der Waals surface area (Å²) in [6, 6.07) is 37.1. The number of amidine groups is 2. The quantitative estimate of drug-likeness (QED) is 0.0942. The molecule has 6 N–H and O–H groups in total. The van der Waals surface area contributed by atoms with Gasteiger partial charge in [-0.3, -0.25) is 15.2 Å². The third-order valence-corrected chi connectivity index (χ3v) is 8.66. The zero-order chi connectivity index (χ0) is 36.0. The van der Waals surface area contributed by atoms with Crippen LogP contribution in [0, 0.1) is 0 Å². The second kappa shape index (κ2) is 15.1. The van der Waals surface area contributed by atoms with Crippen LogP contribution in [0.1, 0.15) is 11.3 Å². The number of halogens is 2. The maximum atomic E-state index is 6.44. The predicted molar refractivity (Wildman–Crippen MR) is 209 cm³/mol. The Labute approximate surface area is 308 Å². The molecule has 0 saturated heterocycles. The van der Waals surface area contributed by atoms with Crippen LogP contribution in [0.4, 0.5) is 11.6 Å². The fourth-order valence-corrected chi connectivity index (χ4v) is 5.97. The van der Waals surface area contributed by atoms with E-state index in [2.05, 4.69) is 40.3 Å². The van der Waals surface area contributed by atoms with Crippen LogP contribution in [-0.2, 0) is 0 Å². The SMILES string of the molecule is COc1cncc(C(N)=Nc2n[nH]c3cc(Cl)c(-c4ccccc4)cc23)n1.NC(=Nc1n[nH]c2cc(Cl)c(-c3ccccc3)cc12)c1ccccc1. The second-order valence-electron chi connectivity index (χ2n) is 11.4. The van der Waals surface area contributed by atoms with Gasteiger partial charge in [0, 0.05) is 27.5 Å². The van der Waals surface area contributed by atoms with Gasteiger partial charge in [-0.05, 0) is 35.4 Å². The summed E-state index contributed by atoms with van der Waals surface area (Å²) in [5.74, 6) is 1.96. The summed E-state index contributed by atoms with van der Waals surface area (Å²) in [5, 5.41) is 17.4. The van der Waals surface area contributed by atoms with Crippen LogP contribution in [0.25, 0.3) is 44.1 Å². The number of ether oxygens (including phenoxy) is 1. The van der Waals surface area contributed by atoms with E-state index in [1.54, 1.807) is 0 Å². The van der Waals surface area contributed by atoms with Crippen molar-refractivity contribution in [1.82, 2.24) is 30.4 Å². The van der Waals surface area contributed by atoms with Crippen molar-refractivity contribution in [3.05, 3.63) is 149 Å². The first-order valence-electron chi connectivity index (χ1n) is 15.9. The van der Waals surface area contributed by atoms with E-state index in [0.717, 1.165) is 49.6 Å². The molecule has 8 rings (SSSR count). The highest BCUT2D eigenvalue weighted by Crippen LogP contribution is 2.36. The number of methoxy groups -OCH3 is 1. The first kappa shape index (κ1) is 33.9. The molecule has 0 fully saturated rings. The number of hydrogen-bond donors (Lipinski definition) is 4. The van der Waals surface area contributed by atoms with Gasteiger partial charge >= 0.3 is 0 Å². The molecule has 8 aromatic rings. The highest BCUT2D eigenvalue weighted by molar-refractivity contribution is 6.34. The van der Waals surface area contributed by atoms with E-state index in [4.69, 9.17) is 39.4 Å². The molecule has 0 aliphatic rings. The zero-order valence-electron chi connectivity index (χ0n) is 27.6. The van der Waals surface area contributed by atoms with Crippen molar-refractivity contribution in [2.75, 3.05) is 7.11 Å². The Morgan fingerprint density at radius 3 is 1.62 bits per heavy atom. The maximum Gasteiger partial charge on any atom is 0.232 e. The van der Waals surface area contributed by atoms with Crippen LogP contribution in [-0.4, -0.2) is 49.1 Å². The summed E-state index contributed by atoms with van der Waals surface area (Å²) in [7, 11) is 1.51. The molecule has 52 heavy (non-hydrogen) atoms. The first-order valence-corrected chi connectivity index (χ1v) is 16.7. The molecule has 256 valence electrons. The number of rotatable bonds is 7. The summed E-state index contributed by atoms with van der Waals surface area (Å²) in [6.45, 7) is 0. The summed E-state index contributed by atoms with van der Waals surface area (Å²) >= 11 is 12.9. The van der Waals surface area contributed by atoms with Crippen molar-refractivity contribution in [2.24, 2.45) is 21.5 Å². The molecular weight excluding hydrogens is 695 g/mol. The van der Waals surface area contributed by atoms with Crippen LogP contribution in [0.3, 0.4) is 0 Å². The van der Waals surface area contributed by atoms with Crippen molar-refractivity contribution in [3.8, 4) is 28.1 Å². The minimum Gasteiger partial charge on any atom is -0.480 e. The van der Waals surface area contributed by atoms with Crippen molar-refractivity contribution < 1.29 is 4.74 Å². The predicted octanol–water partition coefficient (Wildman–Crippen LogP) is 8.64. The lowest BCUT2D eigenvalue weighted by atomic mass is 10.0. The van der Waals surface area contributed by atoms with Gasteiger partial charge in [0.25, 0.3) is 0 Å². The van der Waals surface area contributed by atoms with Crippen LogP contribution in [0.2, 0.25) is 10.0 Å². The van der Waals surface area contributed by atoms with E-state index in [1.165, 1.54) is 19.5 Å². The minimum absolute atomic E-state index is 0.186. The fraction of sp³-hybridized carbons (Fsp3) is 0.0256. The fourth-order valence-electron chi connectivity index (χ4n) is 5.43. The van der Waals surface area contributed by atoms with E-state index < -0.39 is 0 Å². The lowest BCUT2D eigenvalue weighted by molar-refractivity contribution is 0.395. The van der Waals surface area contributed by atoms with Gasteiger partial charge in [-0.2, -0.15) is 10.2 Å². The highest BCUT2D eigenvalue weighted by atomic mass is 35.5. The van der Waals surface area contributed by atoms with Gasteiger partial charge in [0.2, 0.25) is 5.88 Å². The van der Waals surface area contributed by atoms with Gasteiger partial charge in [-0.15, -0.1) is 0 Å². The average molecular weight is 726 g/mol.